The Morgan fingerprint density at radius 1 is 0.960 bits per heavy atom. The lowest BCUT2D eigenvalue weighted by Crippen LogP contribution is -2.19. The molecule has 0 saturated carbocycles. The minimum Gasteiger partial charge on any atom is -0.399 e. The van der Waals surface area contributed by atoms with Gasteiger partial charge in [-0.2, -0.15) is 0 Å². The molecule has 0 aliphatic carbocycles. The fraction of sp³-hybridized carbons (Fsp3) is 0.0500. The lowest BCUT2D eigenvalue weighted by molar-refractivity contribution is -0.115. The summed E-state index contributed by atoms with van der Waals surface area (Å²) in [4.78, 5) is 13.9. The fourth-order valence-corrected chi connectivity index (χ4v) is 3.66. The molecule has 126 valence electrons. The van der Waals surface area contributed by atoms with Gasteiger partial charge in [0.05, 0.1) is 10.7 Å². The van der Waals surface area contributed by atoms with Gasteiger partial charge < -0.3 is 11.1 Å². The second-order valence-corrected chi connectivity index (χ2v) is 7.04. The summed E-state index contributed by atoms with van der Waals surface area (Å²) in [7, 11) is 0. The molecule has 25 heavy (non-hydrogen) atoms. The molecule has 0 spiro atoms. The number of rotatable bonds is 5. The van der Waals surface area contributed by atoms with Crippen molar-refractivity contribution in [1.82, 2.24) is 0 Å². The van der Waals surface area contributed by atoms with Gasteiger partial charge in [-0.05, 0) is 35.9 Å². The van der Waals surface area contributed by atoms with Crippen LogP contribution in [0.25, 0.3) is 0 Å². The zero-order chi connectivity index (χ0) is 17.6. The van der Waals surface area contributed by atoms with E-state index < -0.39 is 5.25 Å². The predicted octanol–water partition coefficient (Wildman–Crippen LogP) is 5.39. The third-order valence-electron chi connectivity index (χ3n) is 3.58. The van der Waals surface area contributed by atoms with Crippen LogP contribution in [0.5, 0.6) is 0 Å². The molecule has 0 aliphatic heterocycles. The first-order chi connectivity index (χ1) is 12.1. The summed E-state index contributed by atoms with van der Waals surface area (Å²) < 4.78 is 0. The van der Waals surface area contributed by atoms with Crippen LogP contribution in [-0.4, -0.2) is 5.91 Å². The molecule has 1 unspecified atom stereocenters. The van der Waals surface area contributed by atoms with Crippen LogP contribution in [0.1, 0.15) is 10.8 Å². The molecular weight excluding hydrogens is 352 g/mol. The Kier molecular flexibility index (Phi) is 5.64. The highest BCUT2D eigenvalue weighted by Gasteiger charge is 2.22. The molecule has 0 saturated heterocycles. The number of carbonyl (C=O) groups excluding carboxylic acids is 1. The van der Waals surface area contributed by atoms with Crippen molar-refractivity contribution in [3.05, 3.63) is 89.4 Å². The summed E-state index contributed by atoms with van der Waals surface area (Å²) in [5, 5.41) is 3.01. The zero-order valence-electron chi connectivity index (χ0n) is 13.4. The molecule has 3 N–H and O–H groups in total. The fourth-order valence-electron chi connectivity index (χ4n) is 2.39. The SMILES string of the molecule is Nc1cccc(SC(C(=O)Nc2ccccc2Cl)c2ccccc2)c1. The van der Waals surface area contributed by atoms with Crippen molar-refractivity contribution in [1.29, 1.82) is 0 Å². The average Bonchev–Trinajstić information content (AvgIpc) is 2.62. The lowest BCUT2D eigenvalue weighted by Gasteiger charge is -2.18. The molecule has 5 heteroatoms. The number of nitrogens with two attached hydrogens (primary N) is 1. The van der Waals surface area contributed by atoms with Crippen LogP contribution in [0.2, 0.25) is 5.02 Å². The molecule has 0 heterocycles. The van der Waals surface area contributed by atoms with E-state index in [1.54, 1.807) is 12.1 Å². The first kappa shape index (κ1) is 17.4. The number of anilines is 2. The Morgan fingerprint density at radius 2 is 1.68 bits per heavy atom. The molecule has 0 aliphatic rings. The highest BCUT2D eigenvalue weighted by molar-refractivity contribution is 8.00. The van der Waals surface area contributed by atoms with Crippen molar-refractivity contribution in [2.45, 2.75) is 10.1 Å². The predicted molar refractivity (Wildman–Crippen MR) is 106 cm³/mol. The van der Waals surface area contributed by atoms with Gasteiger partial charge in [0.15, 0.2) is 0 Å². The minimum atomic E-state index is -0.417. The van der Waals surface area contributed by atoms with Crippen LogP contribution in [0.4, 0.5) is 11.4 Å². The molecule has 1 amide bonds. The van der Waals surface area contributed by atoms with Crippen LogP contribution < -0.4 is 11.1 Å². The Hall–Kier alpha value is -2.43. The van der Waals surface area contributed by atoms with E-state index in [0.717, 1.165) is 10.5 Å². The number of amides is 1. The number of para-hydroxylation sites is 1. The lowest BCUT2D eigenvalue weighted by atomic mass is 10.1. The zero-order valence-corrected chi connectivity index (χ0v) is 14.9. The molecule has 0 radical (unpaired) electrons. The molecule has 0 fully saturated rings. The number of nitrogens with one attached hydrogen (secondary N) is 1. The average molecular weight is 369 g/mol. The maximum atomic E-state index is 12.9. The van der Waals surface area contributed by atoms with Gasteiger partial charge in [-0.3, -0.25) is 4.79 Å². The van der Waals surface area contributed by atoms with Crippen LogP contribution >= 0.6 is 23.4 Å². The van der Waals surface area contributed by atoms with Crippen molar-refractivity contribution < 1.29 is 4.79 Å². The van der Waals surface area contributed by atoms with E-state index in [1.807, 2.05) is 66.7 Å². The number of benzene rings is 3. The summed E-state index contributed by atoms with van der Waals surface area (Å²) in [6.45, 7) is 0. The highest BCUT2D eigenvalue weighted by Crippen LogP contribution is 2.37. The van der Waals surface area contributed by atoms with E-state index in [4.69, 9.17) is 17.3 Å². The number of hydrogen-bond donors (Lipinski definition) is 2. The summed E-state index contributed by atoms with van der Waals surface area (Å²) in [6, 6.07) is 24.4. The summed E-state index contributed by atoms with van der Waals surface area (Å²) >= 11 is 7.62. The third kappa shape index (κ3) is 4.56. The molecular formula is C20H17ClN2OS. The van der Waals surface area contributed by atoms with Crippen LogP contribution in [0.3, 0.4) is 0 Å². The molecule has 0 aromatic heterocycles. The van der Waals surface area contributed by atoms with E-state index in [0.29, 0.717) is 16.4 Å². The van der Waals surface area contributed by atoms with Crippen molar-refractivity contribution in [3.8, 4) is 0 Å². The Labute approximate surface area is 156 Å². The molecule has 3 nitrogen and oxygen atoms in total. The smallest absolute Gasteiger partial charge is 0.242 e. The summed E-state index contributed by atoms with van der Waals surface area (Å²) in [6.07, 6.45) is 0. The molecule has 0 bridgehead atoms. The molecule has 3 aromatic rings. The van der Waals surface area contributed by atoms with Crippen LogP contribution in [-0.2, 0) is 4.79 Å². The van der Waals surface area contributed by atoms with Gasteiger partial charge in [0.25, 0.3) is 0 Å². The largest absolute Gasteiger partial charge is 0.399 e. The standard InChI is InChI=1S/C20H17ClN2OS/c21-17-11-4-5-12-18(17)23-20(24)19(14-7-2-1-3-8-14)25-16-10-6-9-15(22)13-16/h1-13,19H,22H2,(H,23,24). The maximum Gasteiger partial charge on any atom is 0.242 e. The number of thioether (sulfide) groups is 1. The van der Waals surface area contributed by atoms with Gasteiger partial charge in [-0.15, -0.1) is 11.8 Å². The number of nitrogen functional groups attached to an aromatic ring is 1. The molecule has 3 aromatic carbocycles. The first-order valence-electron chi connectivity index (χ1n) is 7.76. The summed E-state index contributed by atoms with van der Waals surface area (Å²) in [5.74, 6) is -0.133. The number of halogens is 1. The van der Waals surface area contributed by atoms with E-state index in [2.05, 4.69) is 5.32 Å². The quantitative estimate of drug-likeness (QED) is 0.468. The third-order valence-corrected chi connectivity index (χ3v) is 5.16. The van der Waals surface area contributed by atoms with Gasteiger partial charge in [0, 0.05) is 10.6 Å². The highest BCUT2D eigenvalue weighted by atomic mass is 35.5. The van der Waals surface area contributed by atoms with Crippen LogP contribution in [0, 0.1) is 0 Å². The van der Waals surface area contributed by atoms with Gasteiger partial charge in [0.2, 0.25) is 5.91 Å². The van der Waals surface area contributed by atoms with E-state index >= 15 is 0 Å². The minimum absolute atomic E-state index is 0.133. The van der Waals surface area contributed by atoms with Gasteiger partial charge in [0.1, 0.15) is 5.25 Å². The number of carbonyl (C=O) groups is 1. The van der Waals surface area contributed by atoms with Crippen molar-refractivity contribution in [2.75, 3.05) is 11.1 Å². The van der Waals surface area contributed by atoms with Gasteiger partial charge in [-0.1, -0.05) is 60.1 Å². The molecule has 1 atom stereocenters. The van der Waals surface area contributed by atoms with Crippen molar-refractivity contribution in [3.63, 3.8) is 0 Å². The van der Waals surface area contributed by atoms with Crippen molar-refractivity contribution in [2.24, 2.45) is 0 Å². The Balaban J connectivity index is 1.88. The van der Waals surface area contributed by atoms with Gasteiger partial charge in [-0.25, -0.2) is 0 Å². The summed E-state index contributed by atoms with van der Waals surface area (Å²) in [5.41, 5.74) is 8.05. The topological polar surface area (TPSA) is 55.1 Å². The van der Waals surface area contributed by atoms with Crippen molar-refractivity contribution >= 4 is 40.6 Å². The van der Waals surface area contributed by atoms with E-state index in [9.17, 15) is 4.79 Å². The van der Waals surface area contributed by atoms with E-state index in [1.165, 1.54) is 11.8 Å². The normalized spacial score (nSPS) is 11.7. The number of hydrogen-bond acceptors (Lipinski definition) is 3. The monoisotopic (exact) mass is 368 g/mol. The molecule has 3 rings (SSSR count). The second kappa shape index (κ2) is 8.10. The Bertz CT molecular complexity index is 870. The second-order valence-electron chi connectivity index (χ2n) is 5.45. The van der Waals surface area contributed by atoms with Crippen LogP contribution in [0.15, 0.2) is 83.8 Å². The first-order valence-corrected chi connectivity index (χ1v) is 9.02. The Morgan fingerprint density at radius 3 is 2.40 bits per heavy atom. The maximum absolute atomic E-state index is 12.9. The van der Waals surface area contributed by atoms with E-state index in [-0.39, 0.29) is 5.91 Å². The van der Waals surface area contributed by atoms with Gasteiger partial charge >= 0.3 is 0 Å².